The minimum atomic E-state index is -0.00698. The highest BCUT2D eigenvalue weighted by Gasteiger charge is 2.30. The number of nitrogens with zero attached hydrogens (tertiary/aromatic N) is 4. The number of carbonyl (C=O) groups is 1. The molecule has 1 aliphatic heterocycles. The van der Waals surface area contributed by atoms with Gasteiger partial charge in [0.05, 0.1) is 6.20 Å². The lowest BCUT2D eigenvalue weighted by atomic mass is 10.1. The molecule has 2 aromatic rings. The molecule has 0 radical (unpaired) electrons. The molecule has 0 unspecified atom stereocenters. The number of benzene rings is 1. The van der Waals surface area contributed by atoms with E-state index in [4.69, 9.17) is 0 Å². The molecule has 2 heterocycles. The van der Waals surface area contributed by atoms with Crippen molar-refractivity contribution in [2.45, 2.75) is 18.9 Å². The van der Waals surface area contributed by atoms with E-state index >= 15 is 0 Å². The van der Waals surface area contributed by atoms with Gasteiger partial charge in [0.25, 0.3) is 5.91 Å². The number of hydrogen-bond donors (Lipinski definition) is 0. The Morgan fingerprint density at radius 3 is 2.30 bits per heavy atom. The Balaban J connectivity index is 1.36. The summed E-state index contributed by atoms with van der Waals surface area (Å²) in [4.78, 5) is 24.9. The highest BCUT2D eigenvalue weighted by atomic mass is 16.2. The number of amides is 1. The lowest BCUT2D eigenvalue weighted by Gasteiger charge is -2.37. The van der Waals surface area contributed by atoms with E-state index in [0.717, 1.165) is 39.0 Å². The summed E-state index contributed by atoms with van der Waals surface area (Å²) in [7, 11) is 0. The van der Waals surface area contributed by atoms with Gasteiger partial charge in [0.15, 0.2) is 0 Å². The van der Waals surface area contributed by atoms with Gasteiger partial charge in [-0.1, -0.05) is 24.3 Å². The van der Waals surface area contributed by atoms with Gasteiger partial charge in [0.1, 0.15) is 5.69 Å². The number of carbonyl (C=O) groups excluding carboxylic acids is 1. The van der Waals surface area contributed by atoms with E-state index in [0.29, 0.717) is 11.7 Å². The van der Waals surface area contributed by atoms with Gasteiger partial charge in [-0.25, -0.2) is 4.98 Å². The normalized spacial score (nSPS) is 18.9. The van der Waals surface area contributed by atoms with Crippen LogP contribution in [-0.4, -0.2) is 57.9 Å². The van der Waals surface area contributed by atoms with Crippen molar-refractivity contribution in [1.82, 2.24) is 19.8 Å². The van der Waals surface area contributed by atoms with Crippen molar-refractivity contribution < 1.29 is 4.79 Å². The quantitative estimate of drug-likeness (QED) is 0.841. The Morgan fingerprint density at radius 1 is 1.00 bits per heavy atom. The fourth-order valence-electron chi connectivity index (χ4n) is 3.66. The average molecular weight is 308 g/mol. The third kappa shape index (κ3) is 2.84. The second-order valence-electron chi connectivity index (χ2n) is 6.25. The molecule has 1 fully saturated rings. The topological polar surface area (TPSA) is 49.3 Å². The highest BCUT2D eigenvalue weighted by molar-refractivity contribution is 5.92. The van der Waals surface area contributed by atoms with Crippen LogP contribution in [0.25, 0.3) is 0 Å². The van der Waals surface area contributed by atoms with Gasteiger partial charge < -0.3 is 4.90 Å². The van der Waals surface area contributed by atoms with Crippen molar-refractivity contribution in [2.75, 3.05) is 26.2 Å². The van der Waals surface area contributed by atoms with Crippen LogP contribution < -0.4 is 0 Å². The van der Waals surface area contributed by atoms with Gasteiger partial charge in [-0.3, -0.25) is 14.7 Å². The number of rotatable bonds is 2. The number of piperazine rings is 1. The first-order valence-corrected chi connectivity index (χ1v) is 8.17. The van der Waals surface area contributed by atoms with Gasteiger partial charge in [0.2, 0.25) is 0 Å². The fraction of sp³-hybridized carbons (Fsp3) is 0.389. The SMILES string of the molecule is O=C(c1cnccn1)N1CCN(C2Cc3ccccc3C2)CC1. The first-order chi connectivity index (χ1) is 11.3. The molecule has 1 saturated heterocycles. The Bertz CT molecular complexity index is 670. The summed E-state index contributed by atoms with van der Waals surface area (Å²) in [5, 5.41) is 0. The number of fused-ring (bicyclic) bond motifs is 1. The molecule has 0 bridgehead atoms. The minimum absolute atomic E-state index is 0.00698. The van der Waals surface area contributed by atoms with E-state index < -0.39 is 0 Å². The van der Waals surface area contributed by atoms with Gasteiger partial charge in [0, 0.05) is 44.6 Å². The average Bonchev–Trinajstić information content (AvgIpc) is 3.06. The summed E-state index contributed by atoms with van der Waals surface area (Å²) < 4.78 is 0. The molecule has 2 aliphatic rings. The molecule has 118 valence electrons. The van der Waals surface area contributed by atoms with Crippen molar-refractivity contribution in [3.63, 3.8) is 0 Å². The zero-order chi connectivity index (χ0) is 15.6. The smallest absolute Gasteiger partial charge is 0.274 e. The van der Waals surface area contributed by atoms with Crippen molar-refractivity contribution >= 4 is 5.91 Å². The van der Waals surface area contributed by atoms with Gasteiger partial charge >= 0.3 is 0 Å². The molecule has 0 N–H and O–H groups in total. The number of aromatic nitrogens is 2. The minimum Gasteiger partial charge on any atom is -0.335 e. The van der Waals surface area contributed by atoms with Gasteiger partial charge in [-0.2, -0.15) is 0 Å². The van der Waals surface area contributed by atoms with E-state index in [1.54, 1.807) is 18.6 Å². The largest absolute Gasteiger partial charge is 0.335 e. The first-order valence-electron chi connectivity index (χ1n) is 8.17. The second kappa shape index (κ2) is 6.08. The zero-order valence-electron chi connectivity index (χ0n) is 13.1. The van der Waals surface area contributed by atoms with E-state index in [2.05, 4.69) is 39.1 Å². The molecular weight excluding hydrogens is 288 g/mol. The van der Waals surface area contributed by atoms with Gasteiger partial charge in [-0.15, -0.1) is 0 Å². The van der Waals surface area contributed by atoms with E-state index in [1.807, 2.05) is 4.90 Å². The van der Waals surface area contributed by atoms with Crippen molar-refractivity contribution in [3.8, 4) is 0 Å². The highest BCUT2D eigenvalue weighted by Crippen LogP contribution is 2.26. The van der Waals surface area contributed by atoms with E-state index in [-0.39, 0.29) is 5.91 Å². The third-order valence-electron chi connectivity index (χ3n) is 4.93. The lowest BCUT2D eigenvalue weighted by Crippen LogP contribution is -2.52. The maximum Gasteiger partial charge on any atom is 0.274 e. The van der Waals surface area contributed by atoms with Crippen LogP contribution in [0.1, 0.15) is 21.6 Å². The van der Waals surface area contributed by atoms with Crippen LogP contribution in [-0.2, 0) is 12.8 Å². The summed E-state index contributed by atoms with van der Waals surface area (Å²) in [6.45, 7) is 3.40. The van der Waals surface area contributed by atoms with Crippen LogP contribution in [0.2, 0.25) is 0 Å². The van der Waals surface area contributed by atoms with Crippen LogP contribution in [0.3, 0.4) is 0 Å². The second-order valence-corrected chi connectivity index (χ2v) is 6.25. The number of hydrogen-bond acceptors (Lipinski definition) is 4. The Kier molecular flexibility index (Phi) is 3.79. The monoisotopic (exact) mass is 308 g/mol. The fourth-order valence-corrected chi connectivity index (χ4v) is 3.66. The van der Waals surface area contributed by atoms with Crippen LogP contribution in [0, 0.1) is 0 Å². The third-order valence-corrected chi connectivity index (χ3v) is 4.93. The molecule has 1 amide bonds. The van der Waals surface area contributed by atoms with Crippen molar-refractivity contribution in [1.29, 1.82) is 0 Å². The maximum atomic E-state index is 12.4. The Hall–Kier alpha value is -2.27. The summed E-state index contributed by atoms with van der Waals surface area (Å²) in [5.41, 5.74) is 3.40. The summed E-state index contributed by atoms with van der Waals surface area (Å²) in [6, 6.07) is 9.31. The molecule has 1 aliphatic carbocycles. The molecule has 1 aromatic heterocycles. The maximum absolute atomic E-state index is 12.4. The molecule has 0 saturated carbocycles. The standard InChI is InChI=1S/C18H20N4O/c23-18(17-13-19-5-6-20-17)22-9-7-21(8-10-22)16-11-14-3-1-2-4-15(14)12-16/h1-6,13,16H,7-12H2. The van der Waals surface area contributed by atoms with Crippen LogP contribution in [0.5, 0.6) is 0 Å². The molecule has 1 aromatic carbocycles. The first kappa shape index (κ1) is 14.3. The Morgan fingerprint density at radius 2 is 1.70 bits per heavy atom. The lowest BCUT2D eigenvalue weighted by molar-refractivity contribution is 0.0570. The van der Waals surface area contributed by atoms with Crippen molar-refractivity contribution in [3.05, 3.63) is 59.7 Å². The molecule has 5 nitrogen and oxygen atoms in total. The van der Waals surface area contributed by atoms with Crippen molar-refractivity contribution in [2.24, 2.45) is 0 Å². The molecule has 5 heteroatoms. The summed E-state index contributed by atoms with van der Waals surface area (Å²) in [5.74, 6) is -0.00698. The zero-order valence-corrected chi connectivity index (χ0v) is 13.1. The predicted molar refractivity (Wildman–Crippen MR) is 87.1 cm³/mol. The molecular formula is C18H20N4O. The molecule has 4 rings (SSSR count). The van der Waals surface area contributed by atoms with Crippen LogP contribution in [0.4, 0.5) is 0 Å². The predicted octanol–water partition coefficient (Wildman–Crippen LogP) is 1.40. The van der Waals surface area contributed by atoms with Crippen LogP contribution in [0.15, 0.2) is 42.9 Å². The molecule has 0 spiro atoms. The van der Waals surface area contributed by atoms with Gasteiger partial charge in [-0.05, 0) is 24.0 Å². The summed E-state index contributed by atoms with van der Waals surface area (Å²) >= 11 is 0. The van der Waals surface area contributed by atoms with E-state index in [9.17, 15) is 4.79 Å². The van der Waals surface area contributed by atoms with Crippen LogP contribution >= 0.6 is 0 Å². The molecule has 23 heavy (non-hydrogen) atoms. The summed E-state index contributed by atoms with van der Waals surface area (Å²) in [6.07, 6.45) is 6.97. The molecule has 0 atom stereocenters. The Labute approximate surface area is 136 Å². The van der Waals surface area contributed by atoms with E-state index in [1.165, 1.54) is 11.1 Å².